The highest BCUT2D eigenvalue weighted by atomic mass is 16.2. The molecule has 1 aliphatic rings. The number of hydrogen-bond acceptors (Lipinski definition) is 3. The van der Waals surface area contributed by atoms with Crippen LogP contribution in [0.4, 0.5) is 0 Å². The summed E-state index contributed by atoms with van der Waals surface area (Å²) in [6.45, 7) is 7.38. The van der Waals surface area contributed by atoms with Crippen molar-refractivity contribution in [2.45, 2.75) is 19.9 Å². The summed E-state index contributed by atoms with van der Waals surface area (Å²) in [6, 6.07) is 4.45. The minimum atomic E-state index is 0.179. The summed E-state index contributed by atoms with van der Waals surface area (Å²) < 4.78 is 0. The van der Waals surface area contributed by atoms with Crippen molar-refractivity contribution in [1.82, 2.24) is 14.8 Å². The summed E-state index contributed by atoms with van der Waals surface area (Å²) in [5, 5.41) is 0. The summed E-state index contributed by atoms with van der Waals surface area (Å²) in [7, 11) is 0. The van der Waals surface area contributed by atoms with Crippen LogP contribution < -0.4 is 0 Å². The van der Waals surface area contributed by atoms with Gasteiger partial charge in [0, 0.05) is 51.5 Å². The molecule has 1 aliphatic heterocycles. The van der Waals surface area contributed by atoms with Crippen LogP contribution in [0, 0.1) is 0 Å². The fourth-order valence-electron chi connectivity index (χ4n) is 2.26. The molecule has 0 N–H and O–H groups in total. The maximum absolute atomic E-state index is 11.2. The minimum absolute atomic E-state index is 0.179. The summed E-state index contributed by atoms with van der Waals surface area (Å²) in [5.74, 6) is 0.179. The SMILES string of the molecule is CC(=O)N1CCN(C(C)c2cccnc2)CC1. The maximum atomic E-state index is 11.2. The predicted octanol–water partition coefficient (Wildman–Crippen LogP) is 1.31. The van der Waals surface area contributed by atoms with Crippen molar-refractivity contribution in [3.63, 3.8) is 0 Å². The number of aromatic nitrogens is 1. The van der Waals surface area contributed by atoms with Crippen LogP contribution in [-0.4, -0.2) is 46.9 Å². The third-order valence-electron chi connectivity index (χ3n) is 3.47. The molecule has 1 aromatic heterocycles. The van der Waals surface area contributed by atoms with E-state index in [1.807, 2.05) is 17.2 Å². The Morgan fingerprint density at radius 3 is 2.59 bits per heavy atom. The van der Waals surface area contributed by atoms with Gasteiger partial charge in [-0.05, 0) is 18.6 Å². The molecule has 0 saturated carbocycles. The van der Waals surface area contributed by atoms with Crippen molar-refractivity contribution in [2.24, 2.45) is 0 Å². The second-order valence-corrected chi connectivity index (χ2v) is 4.50. The van der Waals surface area contributed by atoms with Gasteiger partial charge in [-0.1, -0.05) is 6.07 Å². The number of carbonyl (C=O) groups is 1. The monoisotopic (exact) mass is 233 g/mol. The Hall–Kier alpha value is -1.42. The van der Waals surface area contributed by atoms with Gasteiger partial charge in [-0.25, -0.2) is 0 Å². The van der Waals surface area contributed by atoms with Gasteiger partial charge in [-0.3, -0.25) is 14.7 Å². The van der Waals surface area contributed by atoms with Crippen molar-refractivity contribution in [2.75, 3.05) is 26.2 Å². The highest BCUT2D eigenvalue weighted by Gasteiger charge is 2.22. The molecule has 0 radical (unpaired) electrons. The molecule has 4 nitrogen and oxygen atoms in total. The molecule has 0 aliphatic carbocycles. The van der Waals surface area contributed by atoms with Gasteiger partial charge in [-0.2, -0.15) is 0 Å². The van der Waals surface area contributed by atoms with Crippen LogP contribution in [0.5, 0.6) is 0 Å². The van der Waals surface area contributed by atoms with E-state index in [1.165, 1.54) is 5.56 Å². The number of nitrogens with zero attached hydrogens (tertiary/aromatic N) is 3. The molecule has 1 aromatic rings. The Bertz CT molecular complexity index is 372. The van der Waals surface area contributed by atoms with Crippen molar-refractivity contribution in [3.05, 3.63) is 30.1 Å². The number of amides is 1. The second kappa shape index (κ2) is 5.27. The third-order valence-corrected chi connectivity index (χ3v) is 3.47. The largest absolute Gasteiger partial charge is 0.340 e. The number of carbonyl (C=O) groups excluding carboxylic acids is 1. The van der Waals surface area contributed by atoms with E-state index in [-0.39, 0.29) is 5.91 Å². The Morgan fingerprint density at radius 1 is 1.35 bits per heavy atom. The summed E-state index contributed by atoms with van der Waals surface area (Å²) in [4.78, 5) is 19.7. The van der Waals surface area contributed by atoms with Crippen LogP contribution in [0.25, 0.3) is 0 Å². The van der Waals surface area contributed by atoms with E-state index in [9.17, 15) is 4.79 Å². The molecule has 0 spiro atoms. The molecular formula is C13H19N3O. The van der Waals surface area contributed by atoms with Crippen LogP contribution >= 0.6 is 0 Å². The van der Waals surface area contributed by atoms with Crippen LogP contribution in [0.3, 0.4) is 0 Å². The molecular weight excluding hydrogens is 214 g/mol. The van der Waals surface area contributed by atoms with Gasteiger partial charge in [0.15, 0.2) is 0 Å². The first-order valence-electron chi connectivity index (χ1n) is 6.08. The Kier molecular flexibility index (Phi) is 3.74. The molecule has 1 atom stereocenters. The molecule has 92 valence electrons. The highest BCUT2D eigenvalue weighted by molar-refractivity contribution is 5.73. The van der Waals surface area contributed by atoms with Gasteiger partial charge in [-0.15, -0.1) is 0 Å². The predicted molar refractivity (Wildman–Crippen MR) is 66.5 cm³/mol. The zero-order chi connectivity index (χ0) is 12.3. The quantitative estimate of drug-likeness (QED) is 0.772. The normalized spacial score (nSPS) is 19.1. The van der Waals surface area contributed by atoms with E-state index in [1.54, 1.807) is 13.1 Å². The van der Waals surface area contributed by atoms with Crippen LogP contribution in [0.2, 0.25) is 0 Å². The molecule has 4 heteroatoms. The van der Waals surface area contributed by atoms with Crippen LogP contribution in [0.1, 0.15) is 25.5 Å². The van der Waals surface area contributed by atoms with E-state index in [0.29, 0.717) is 6.04 Å². The molecule has 1 fully saturated rings. The molecule has 2 rings (SSSR count). The molecule has 2 heterocycles. The molecule has 0 bridgehead atoms. The first-order valence-corrected chi connectivity index (χ1v) is 6.08. The summed E-state index contributed by atoms with van der Waals surface area (Å²) in [6.07, 6.45) is 3.71. The Morgan fingerprint density at radius 2 is 2.06 bits per heavy atom. The van der Waals surface area contributed by atoms with Crippen molar-refractivity contribution < 1.29 is 4.79 Å². The lowest BCUT2D eigenvalue weighted by Crippen LogP contribution is -2.48. The van der Waals surface area contributed by atoms with Crippen LogP contribution in [0.15, 0.2) is 24.5 Å². The number of pyridine rings is 1. The van der Waals surface area contributed by atoms with E-state index in [4.69, 9.17) is 0 Å². The van der Waals surface area contributed by atoms with Crippen molar-refractivity contribution in [3.8, 4) is 0 Å². The molecule has 1 saturated heterocycles. The standard InChI is InChI=1S/C13H19N3O/c1-11(13-4-3-5-14-10-13)15-6-8-16(9-7-15)12(2)17/h3-5,10-11H,6-9H2,1-2H3. The first kappa shape index (κ1) is 12.0. The van der Waals surface area contributed by atoms with Gasteiger partial charge < -0.3 is 4.90 Å². The lowest BCUT2D eigenvalue weighted by Gasteiger charge is -2.37. The second-order valence-electron chi connectivity index (χ2n) is 4.50. The first-order chi connectivity index (χ1) is 8.18. The Labute approximate surface area is 102 Å². The van der Waals surface area contributed by atoms with Crippen molar-refractivity contribution >= 4 is 5.91 Å². The molecule has 0 aromatic carbocycles. The third kappa shape index (κ3) is 2.82. The maximum Gasteiger partial charge on any atom is 0.219 e. The van der Waals surface area contributed by atoms with Gasteiger partial charge in [0.1, 0.15) is 0 Å². The smallest absolute Gasteiger partial charge is 0.219 e. The summed E-state index contributed by atoms with van der Waals surface area (Å²) >= 11 is 0. The zero-order valence-electron chi connectivity index (χ0n) is 10.5. The Balaban J connectivity index is 1.95. The topological polar surface area (TPSA) is 36.4 Å². The van der Waals surface area contributed by atoms with Crippen molar-refractivity contribution in [1.29, 1.82) is 0 Å². The minimum Gasteiger partial charge on any atom is -0.340 e. The highest BCUT2D eigenvalue weighted by Crippen LogP contribution is 2.20. The van der Waals surface area contributed by atoms with E-state index in [0.717, 1.165) is 26.2 Å². The van der Waals surface area contributed by atoms with Gasteiger partial charge in [0.2, 0.25) is 5.91 Å². The lowest BCUT2D eigenvalue weighted by molar-refractivity contribution is -0.130. The van der Waals surface area contributed by atoms with Gasteiger partial charge in [0.05, 0.1) is 0 Å². The molecule has 1 unspecified atom stereocenters. The fraction of sp³-hybridized carbons (Fsp3) is 0.538. The zero-order valence-corrected chi connectivity index (χ0v) is 10.5. The van der Waals surface area contributed by atoms with Gasteiger partial charge >= 0.3 is 0 Å². The lowest BCUT2D eigenvalue weighted by atomic mass is 10.1. The van der Waals surface area contributed by atoms with E-state index < -0.39 is 0 Å². The number of rotatable bonds is 2. The van der Waals surface area contributed by atoms with E-state index >= 15 is 0 Å². The molecule has 17 heavy (non-hydrogen) atoms. The fourth-order valence-corrected chi connectivity index (χ4v) is 2.26. The molecule has 1 amide bonds. The van der Waals surface area contributed by atoms with Crippen LogP contribution in [-0.2, 0) is 4.79 Å². The number of hydrogen-bond donors (Lipinski definition) is 0. The number of piperazine rings is 1. The summed E-state index contributed by atoms with van der Waals surface area (Å²) in [5.41, 5.74) is 1.24. The average molecular weight is 233 g/mol. The van der Waals surface area contributed by atoms with Gasteiger partial charge in [0.25, 0.3) is 0 Å². The van der Waals surface area contributed by atoms with E-state index in [2.05, 4.69) is 22.9 Å². The average Bonchev–Trinajstić information content (AvgIpc) is 2.39.